The maximum atomic E-state index is 13.2. The number of carbonyl (C=O) groups is 2. The predicted molar refractivity (Wildman–Crippen MR) is 91.8 cm³/mol. The Hall–Kier alpha value is -2.70. The molecule has 0 atom stereocenters. The molecule has 136 valence electrons. The van der Waals surface area contributed by atoms with Gasteiger partial charge in [0, 0.05) is 24.3 Å². The van der Waals surface area contributed by atoms with Gasteiger partial charge in [-0.25, -0.2) is 9.07 Å². The first-order valence-electron chi connectivity index (χ1n) is 8.93. The molecule has 1 saturated heterocycles. The summed E-state index contributed by atoms with van der Waals surface area (Å²) in [4.78, 5) is 25.8. The minimum absolute atomic E-state index is 0.132. The average molecular weight is 357 g/mol. The maximum absolute atomic E-state index is 13.2. The number of aromatic nitrogens is 2. The molecule has 6 nitrogen and oxygen atoms in total. The zero-order valence-corrected chi connectivity index (χ0v) is 14.3. The van der Waals surface area contributed by atoms with Crippen molar-refractivity contribution in [1.29, 1.82) is 0 Å². The van der Waals surface area contributed by atoms with E-state index in [0.29, 0.717) is 31.6 Å². The summed E-state index contributed by atoms with van der Waals surface area (Å²) in [6.45, 7) is 0.877. The van der Waals surface area contributed by atoms with Gasteiger partial charge >= 0.3 is 5.97 Å². The summed E-state index contributed by atoms with van der Waals surface area (Å²) in [5, 5.41) is 13.7. The lowest BCUT2D eigenvalue weighted by molar-refractivity contribution is -0.143. The van der Waals surface area contributed by atoms with Crippen LogP contribution in [-0.2, 0) is 17.6 Å². The number of rotatable bonds is 3. The molecule has 1 N–H and O–H groups in total. The van der Waals surface area contributed by atoms with E-state index in [4.69, 9.17) is 5.11 Å². The number of nitrogens with zero attached hydrogens (tertiary/aromatic N) is 3. The van der Waals surface area contributed by atoms with Gasteiger partial charge in [0.2, 0.25) is 0 Å². The van der Waals surface area contributed by atoms with Crippen LogP contribution in [0.25, 0.3) is 5.69 Å². The molecule has 26 heavy (non-hydrogen) atoms. The van der Waals surface area contributed by atoms with Crippen molar-refractivity contribution in [3.8, 4) is 5.69 Å². The molecule has 0 radical (unpaired) electrons. The Kier molecular flexibility index (Phi) is 4.22. The quantitative estimate of drug-likeness (QED) is 0.915. The molecule has 1 aliphatic heterocycles. The summed E-state index contributed by atoms with van der Waals surface area (Å²) >= 11 is 0. The molecule has 1 fully saturated rings. The molecular weight excluding hydrogens is 337 g/mol. The van der Waals surface area contributed by atoms with Crippen LogP contribution in [0.5, 0.6) is 0 Å². The fourth-order valence-corrected chi connectivity index (χ4v) is 3.88. The second-order valence-electron chi connectivity index (χ2n) is 6.92. The Balaban J connectivity index is 1.61. The third-order valence-electron chi connectivity index (χ3n) is 5.34. The van der Waals surface area contributed by atoms with Gasteiger partial charge in [-0.2, -0.15) is 5.10 Å². The number of hydrogen-bond donors (Lipinski definition) is 1. The van der Waals surface area contributed by atoms with Crippen LogP contribution in [-0.4, -0.2) is 44.8 Å². The number of piperidine rings is 1. The van der Waals surface area contributed by atoms with Crippen LogP contribution < -0.4 is 0 Å². The lowest BCUT2D eigenvalue weighted by atomic mass is 9.97. The number of amides is 1. The number of carboxylic acid groups (broad SMARTS) is 1. The van der Waals surface area contributed by atoms with E-state index in [1.807, 2.05) is 0 Å². The topological polar surface area (TPSA) is 75.4 Å². The van der Waals surface area contributed by atoms with Crippen molar-refractivity contribution in [3.63, 3.8) is 0 Å². The van der Waals surface area contributed by atoms with Crippen LogP contribution in [0, 0.1) is 11.7 Å². The zero-order chi connectivity index (χ0) is 18.3. The lowest BCUT2D eigenvalue weighted by Crippen LogP contribution is -2.40. The second kappa shape index (κ2) is 6.55. The number of benzene rings is 1. The molecule has 1 aromatic carbocycles. The lowest BCUT2D eigenvalue weighted by Gasteiger charge is -2.29. The Bertz CT molecular complexity index is 852. The van der Waals surface area contributed by atoms with Crippen molar-refractivity contribution < 1.29 is 19.1 Å². The molecule has 0 unspecified atom stereocenters. The zero-order valence-electron chi connectivity index (χ0n) is 14.3. The van der Waals surface area contributed by atoms with E-state index in [1.54, 1.807) is 21.7 Å². The van der Waals surface area contributed by atoms with Crippen LogP contribution in [0.4, 0.5) is 4.39 Å². The third-order valence-corrected chi connectivity index (χ3v) is 5.34. The van der Waals surface area contributed by atoms with E-state index >= 15 is 0 Å². The van der Waals surface area contributed by atoms with Gasteiger partial charge in [0.15, 0.2) is 5.69 Å². The van der Waals surface area contributed by atoms with E-state index in [9.17, 15) is 14.0 Å². The smallest absolute Gasteiger partial charge is 0.306 e. The van der Waals surface area contributed by atoms with Crippen molar-refractivity contribution in [2.75, 3.05) is 13.1 Å². The summed E-state index contributed by atoms with van der Waals surface area (Å²) in [7, 11) is 0. The van der Waals surface area contributed by atoms with Crippen molar-refractivity contribution in [3.05, 3.63) is 47.0 Å². The first kappa shape index (κ1) is 16.8. The minimum Gasteiger partial charge on any atom is -0.481 e. The Morgan fingerprint density at radius 1 is 1.12 bits per heavy atom. The molecule has 0 saturated carbocycles. The number of hydrogen-bond acceptors (Lipinski definition) is 3. The number of carboxylic acids is 1. The highest BCUT2D eigenvalue weighted by Crippen LogP contribution is 2.29. The number of fused-ring (bicyclic) bond motifs is 1. The van der Waals surface area contributed by atoms with Crippen LogP contribution in [0.3, 0.4) is 0 Å². The summed E-state index contributed by atoms with van der Waals surface area (Å²) in [6.07, 6.45) is 3.57. The average Bonchev–Trinajstić information content (AvgIpc) is 3.25. The maximum Gasteiger partial charge on any atom is 0.306 e. The normalized spacial score (nSPS) is 17.3. The van der Waals surface area contributed by atoms with E-state index < -0.39 is 5.97 Å². The van der Waals surface area contributed by atoms with Crippen LogP contribution >= 0.6 is 0 Å². The SMILES string of the molecule is O=C(O)C1CCN(C(=O)c2nn(-c3ccc(F)cc3)c3c2CCC3)CC1. The first-order chi connectivity index (χ1) is 12.5. The fourth-order valence-electron chi connectivity index (χ4n) is 3.88. The van der Waals surface area contributed by atoms with Gasteiger partial charge in [-0.1, -0.05) is 0 Å². The molecule has 4 rings (SSSR count). The Labute approximate surface area is 150 Å². The largest absolute Gasteiger partial charge is 0.481 e. The number of carbonyl (C=O) groups excluding carboxylic acids is 1. The molecule has 2 aromatic rings. The highest BCUT2D eigenvalue weighted by atomic mass is 19.1. The molecule has 0 spiro atoms. The summed E-state index contributed by atoms with van der Waals surface area (Å²) in [5.41, 5.74) is 3.18. The van der Waals surface area contributed by atoms with Gasteiger partial charge in [0.1, 0.15) is 5.82 Å². The Morgan fingerprint density at radius 3 is 2.46 bits per heavy atom. The van der Waals surface area contributed by atoms with E-state index in [0.717, 1.165) is 36.2 Å². The molecule has 1 aliphatic carbocycles. The first-order valence-corrected chi connectivity index (χ1v) is 8.93. The molecular formula is C19H20FN3O3. The minimum atomic E-state index is -0.793. The summed E-state index contributed by atoms with van der Waals surface area (Å²) < 4.78 is 15.0. The highest BCUT2D eigenvalue weighted by molar-refractivity contribution is 5.94. The third kappa shape index (κ3) is 2.87. The predicted octanol–water partition coefficient (Wildman–Crippen LogP) is 2.44. The van der Waals surface area contributed by atoms with Crippen LogP contribution in [0.2, 0.25) is 0 Å². The van der Waals surface area contributed by atoms with E-state index in [2.05, 4.69) is 5.10 Å². The molecule has 1 aromatic heterocycles. The summed E-state index contributed by atoms with van der Waals surface area (Å²) in [5.74, 6) is -1.61. The van der Waals surface area contributed by atoms with Gasteiger partial charge in [-0.05, 0) is 56.4 Å². The van der Waals surface area contributed by atoms with E-state index in [-0.39, 0.29) is 17.6 Å². The van der Waals surface area contributed by atoms with Crippen molar-refractivity contribution in [1.82, 2.24) is 14.7 Å². The van der Waals surface area contributed by atoms with E-state index in [1.165, 1.54) is 12.1 Å². The van der Waals surface area contributed by atoms with Crippen molar-refractivity contribution >= 4 is 11.9 Å². The Morgan fingerprint density at radius 2 is 1.81 bits per heavy atom. The molecule has 1 amide bonds. The van der Waals surface area contributed by atoms with Gasteiger partial charge < -0.3 is 10.0 Å². The van der Waals surface area contributed by atoms with Gasteiger partial charge in [0.05, 0.1) is 11.6 Å². The molecule has 2 aliphatic rings. The molecule has 7 heteroatoms. The van der Waals surface area contributed by atoms with Crippen LogP contribution in [0.1, 0.15) is 41.0 Å². The monoisotopic (exact) mass is 357 g/mol. The van der Waals surface area contributed by atoms with Crippen molar-refractivity contribution in [2.45, 2.75) is 32.1 Å². The highest BCUT2D eigenvalue weighted by Gasteiger charge is 2.32. The van der Waals surface area contributed by atoms with Gasteiger partial charge in [-0.15, -0.1) is 0 Å². The molecule has 2 heterocycles. The number of aliphatic carboxylic acids is 1. The number of likely N-dealkylation sites (tertiary alicyclic amines) is 1. The summed E-state index contributed by atoms with van der Waals surface area (Å²) in [6, 6.07) is 6.09. The molecule has 0 bridgehead atoms. The second-order valence-corrected chi connectivity index (χ2v) is 6.92. The fraction of sp³-hybridized carbons (Fsp3) is 0.421. The standard InChI is InChI=1S/C19H20FN3O3/c20-13-4-6-14(7-5-13)23-16-3-1-2-15(16)17(21-23)18(24)22-10-8-12(9-11-22)19(25)26/h4-7,12H,1-3,8-11H2,(H,25,26). The number of halogens is 1. The van der Waals surface area contributed by atoms with Crippen molar-refractivity contribution in [2.24, 2.45) is 5.92 Å². The van der Waals surface area contributed by atoms with Gasteiger partial charge in [0.25, 0.3) is 5.91 Å². The van der Waals surface area contributed by atoms with Gasteiger partial charge in [-0.3, -0.25) is 9.59 Å². The van der Waals surface area contributed by atoms with Crippen LogP contribution in [0.15, 0.2) is 24.3 Å².